The lowest BCUT2D eigenvalue weighted by atomic mass is 10.2. The summed E-state index contributed by atoms with van der Waals surface area (Å²) in [5.74, 6) is 1.75. The first kappa shape index (κ1) is 13.3. The summed E-state index contributed by atoms with van der Waals surface area (Å²) in [7, 11) is 0. The molecule has 0 aliphatic rings. The molecule has 0 amide bonds. The van der Waals surface area contributed by atoms with Gasteiger partial charge < -0.3 is 0 Å². The smallest absolute Gasteiger partial charge is 0.186 e. The maximum absolute atomic E-state index is 4.78. The Morgan fingerprint density at radius 2 is 1.64 bits per heavy atom. The number of nitrogens with zero attached hydrogens (tertiary/aromatic N) is 4. The van der Waals surface area contributed by atoms with E-state index in [-0.39, 0.29) is 0 Å². The van der Waals surface area contributed by atoms with Crippen LogP contribution in [-0.2, 0) is 0 Å². The van der Waals surface area contributed by atoms with E-state index in [0.29, 0.717) is 0 Å². The molecule has 0 spiro atoms. The molecule has 0 N–H and O–H groups in total. The average Bonchev–Trinajstić information content (AvgIpc) is 3.00. The fourth-order valence-corrected chi connectivity index (χ4v) is 3.31. The standard InChI is InChI=1S/C17H14N4S/c1-2-22-17-14-11-7-6-10-13(14)16-19-18-15(21(16)20-17)12-8-4-3-5-9-12/h3-11H,2H2,1H3. The number of fused-ring (bicyclic) bond motifs is 3. The highest BCUT2D eigenvalue weighted by molar-refractivity contribution is 7.99. The van der Waals surface area contributed by atoms with Crippen LogP contribution in [0.2, 0.25) is 0 Å². The summed E-state index contributed by atoms with van der Waals surface area (Å²) < 4.78 is 1.86. The third-order valence-corrected chi connectivity index (χ3v) is 4.41. The molecular formula is C17H14N4S. The maximum Gasteiger partial charge on any atom is 0.186 e. The van der Waals surface area contributed by atoms with Crippen molar-refractivity contribution >= 4 is 28.2 Å². The minimum Gasteiger partial charge on any atom is -0.191 e. The van der Waals surface area contributed by atoms with Crippen LogP contribution in [0.1, 0.15) is 6.92 Å². The second kappa shape index (κ2) is 5.42. The highest BCUT2D eigenvalue weighted by Crippen LogP contribution is 2.29. The Balaban J connectivity index is 2.07. The number of aromatic nitrogens is 4. The van der Waals surface area contributed by atoms with E-state index in [1.54, 1.807) is 11.8 Å². The van der Waals surface area contributed by atoms with E-state index in [2.05, 4.69) is 29.3 Å². The van der Waals surface area contributed by atoms with Crippen LogP contribution in [-0.4, -0.2) is 25.6 Å². The third-order valence-electron chi connectivity index (χ3n) is 3.54. The zero-order valence-corrected chi connectivity index (χ0v) is 12.9. The summed E-state index contributed by atoms with van der Waals surface area (Å²) in [6, 6.07) is 18.3. The van der Waals surface area contributed by atoms with Gasteiger partial charge in [-0.2, -0.15) is 9.61 Å². The Morgan fingerprint density at radius 1 is 0.909 bits per heavy atom. The van der Waals surface area contributed by atoms with Gasteiger partial charge in [0.2, 0.25) is 0 Å². The van der Waals surface area contributed by atoms with Gasteiger partial charge in [0.15, 0.2) is 11.5 Å². The molecule has 0 atom stereocenters. The first-order valence-corrected chi connectivity index (χ1v) is 8.19. The van der Waals surface area contributed by atoms with Crippen molar-refractivity contribution in [2.24, 2.45) is 0 Å². The highest BCUT2D eigenvalue weighted by atomic mass is 32.2. The van der Waals surface area contributed by atoms with Crippen molar-refractivity contribution in [1.82, 2.24) is 19.8 Å². The van der Waals surface area contributed by atoms with E-state index in [1.807, 2.05) is 47.0 Å². The molecule has 0 saturated heterocycles. The zero-order chi connectivity index (χ0) is 14.9. The molecule has 4 nitrogen and oxygen atoms in total. The van der Waals surface area contributed by atoms with E-state index >= 15 is 0 Å². The molecule has 0 fully saturated rings. The van der Waals surface area contributed by atoms with Gasteiger partial charge in [0, 0.05) is 16.3 Å². The summed E-state index contributed by atoms with van der Waals surface area (Å²) in [5, 5.41) is 16.7. The van der Waals surface area contributed by atoms with Crippen LogP contribution in [0, 0.1) is 0 Å². The predicted octanol–water partition coefficient (Wildman–Crippen LogP) is 4.06. The molecule has 0 aliphatic carbocycles. The minimum absolute atomic E-state index is 0.777. The summed E-state index contributed by atoms with van der Waals surface area (Å²) in [6.45, 7) is 2.13. The van der Waals surface area contributed by atoms with Gasteiger partial charge >= 0.3 is 0 Å². The van der Waals surface area contributed by atoms with Gasteiger partial charge in [0.05, 0.1) is 0 Å². The second-order valence-electron chi connectivity index (χ2n) is 4.91. The number of rotatable bonds is 3. The van der Waals surface area contributed by atoms with Gasteiger partial charge in [-0.25, -0.2) is 0 Å². The summed E-state index contributed by atoms with van der Waals surface area (Å²) in [4.78, 5) is 0. The molecule has 0 saturated carbocycles. The summed E-state index contributed by atoms with van der Waals surface area (Å²) in [6.07, 6.45) is 0. The molecule has 22 heavy (non-hydrogen) atoms. The van der Waals surface area contributed by atoms with Crippen molar-refractivity contribution in [3.05, 3.63) is 54.6 Å². The number of benzene rings is 2. The van der Waals surface area contributed by atoms with Crippen LogP contribution in [0.4, 0.5) is 0 Å². The van der Waals surface area contributed by atoms with Gasteiger partial charge in [0.1, 0.15) is 5.03 Å². The van der Waals surface area contributed by atoms with Crippen molar-refractivity contribution in [1.29, 1.82) is 0 Å². The number of hydrogen-bond acceptors (Lipinski definition) is 4. The third kappa shape index (κ3) is 2.05. The van der Waals surface area contributed by atoms with E-state index in [0.717, 1.165) is 38.6 Å². The van der Waals surface area contributed by atoms with E-state index in [9.17, 15) is 0 Å². The highest BCUT2D eigenvalue weighted by Gasteiger charge is 2.14. The minimum atomic E-state index is 0.777. The quantitative estimate of drug-likeness (QED) is 0.535. The van der Waals surface area contributed by atoms with Gasteiger partial charge in [0.25, 0.3) is 0 Å². The lowest BCUT2D eigenvalue weighted by molar-refractivity contribution is 0.878. The lowest BCUT2D eigenvalue weighted by Gasteiger charge is -2.07. The molecule has 4 rings (SSSR count). The molecule has 0 unspecified atom stereocenters. The molecule has 108 valence electrons. The SMILES string of the molecule is CCSc1nn2c(-c3ccccc3)nnc2c2ccccc12. The van der Waals surface area contributed by atoms with Crippen LogP contribution >= 0.6 is 11.8 Å². The fraction of sp³-hybridized carbons (Fsp3) is 0.118. The molecule has 0 aliphatic heterocycles. The first-order valence-electron chi connectivity index (χ1n) is 7.21. The molecule has 2 heterocycles. The van der Waals surface area contributed by atoms with E-state index in [1.165, 1.54) is 0 Å². The van der Waals surface area contributed by atoms with Crippen LogP contribution in [0.25, 0.3) is 27.8 Å². The average molecular weight is 306 g/mol. The monoisotopic (exact) mass is 306 g/mol. The van der Waals surface area contributed by atoms with Gasteiger partial charge in [-0.05, 0) is 5.75 Å². The molecule has 0 bridgehead atoms. The normalized spacial score (nSPS) is 11.3. The van der Waals surface area contributed by atoms with Crippen molar-refractivity contribution in [3.8, 4) is 11.4 Å². The second-order valence-corrected chi connectivity index (χ2v) is 6.16. The first-order chi connectivity index (χ1) is 10.9. The van der Waals surface area contributed by atoms with E-state index in [4.69, 9.17) is 5.10 Å². The molecule has 5 heteroatoms. The number of thioether (sulfide) groups is 1. The van der Waals surface area contributed by atoms with Crippen molar-refractivity contribution in [2.45, 2.75) is 11.9 Å². The van der Waals surface area contributed by atoms with Gasteiger partial charge in [-0.15, -0.1) is 22.0 Å². The Kier molecular flexibility index (Phi) is 3.27. The fourth-order valence-electron chi connectivity index (χ4n) is 2.56. The van der Waals surface area contributed by atoms with Crippen molar-refractivity contribution in [2.75, 3.05) is 5.75 Å². The lowest BCUT2D eigenvalue weighted by Crippen LogP contribution is -1.98. The molecule has 2 aromatic carbocycles. The molecule has 4 aromatic rings. The van der Waals surface area contributed by atoms with Gasteiger partial charge in [-0.1, -0.05) is 61.5 Å². The molecule has 0 radical (unpaired) electrons. The zero-order valence-electron chi connectivity index (χ0n) is 12.1. The number of hydrogen-bond donors (Lipinski definition) is 0. The van der Waals surface area contributed by atoms with Crippen LogP contribution in [0.5, 0.6) is 0 Å². The molecule has 2 aromatic heterocycles. The largest absolute Gasteiger partial charge is 0.191 e. The van der Waals surface area contributed by atoms with Crippen molar-refractivity contribution < 1.29 is 0 Å². The Hall–Kier alpha value is -2.40. The Labute approximate surface area is 132 Å². The summed E-state index contributed by atoms with van der Waals surface area (Å²) >= 11 is 1.74. The topological polar surface area (TPSA) is 43.1 Å². The van der Waals surface area contributed by atoms with Crippen LogP contribution in [0.3, 0.4) is 0 Å². The summed E-state index contributed by atoms with van der Waals surface area (Å²) in [5.41, 5.74) is 1.82. The van der Waals surface area contributed by atoms with E-state index < -0.39 is 0 Å². The van der Waals surface area contributed by atoms with Crippen LogP contribution < -0.4 is 0 Å². The maximum atomic E-state index is 4.78. The Bertz CT molecular complexity index is 947. The molecular weight excluding hydrogens is 292 g/mol. The Morgan fingerprint density at radius 3 is 2.41 bits per heavy atom. The van der Waals surface area contributed by atoms with Gasteiger partial charge in [-0.3, -0.25) is 0 Å². The van der Waals surface area contributed by atoms with Crippen molar-refractivity contribution in [3.63, 3.8) is 0 Å². The van der Waals surface area contributed by atoms with Crippen LogP contribution in [0.15, 0.2) is 59.6 Å². The predicted molar refractivity (Wildman–Crippen MR) is 90.1 cm³/mol.